The van der Waals surface area contributed by atoms with Crippen LogP contribution in [0.15, 0.2) is 29.2 Å². The molecule has 0 bridgehead atoms. The molecule has 112 valence electrons. The summed E-state index contributed by atoms with van der Waals surface area (Å²) in [7, 11) is -3.59. The summed E-state index contributed by atoms with van der Waals surface area (Å²) >= 11 is 0. The minimum Gasteiger partial charge on any atom is -0.364 e. The summed E-state index contributed by atoms with van der Waals surface area (Å²) < 4.78 is 31.0. The van der Waals surface area contributed by atoms with E-state index in [0.29, 0.717) is 19.3 Å². The van der Waals surface area contributed by atoms with Crippen LogP contribution in [0.2, 0.25) is 0 Å². The lowest BCUT2D eigenvalue weighted by atomic mass is 10.1. The molecular weight excluding hydrogens is 276 g/mol. The molecule has 1 aromatic rings. The number of rotatable bonds is 4. The molecule has 0 aliphatic carbocycles. The molecule has 1 fully saturated rings. The fraction of sp³-hybridized carbons (Fsp3) is 0.600. The van der Waals surface area contributed by atoms with Crippen LogP contribution < -0.4 is 0 Å². The third-order valence-corrected chi connectivity index (χ3v) is 6.03. The zero-order valence-electron chi connectivity index (χ0n) is 12.2. The molecule has 1 heterocycles. The Morgan fingerprint density at radius 3 is 2.50 bits per heavy atom. The van der Waals surface area contributed by atoms with Gasteiger partial charge in [-0.15, -0.1) is 0 Å². The highest BCUT2D eigenvalue weighted by Crippen LogP contribution is 2.39. The molecule has 0 spiro atoms. The lowest BCUT2D eigenvalue weighted by Crippen LogP contribution is -2.43. The normalized spacial score (nSPS) is 30.6. The molecule has 1 aliphatic heterocycles. The molecule has 0 saturated carbocycles. The first-order valence-corrected chi connectivity index (χ1v) is 8.55. The van der Waals surface area contributed by atoms with Crippen molar-refractivity contribution in [2.45, 2.75) is 62.1 Å². The standard InChI is InChI=1S/C15H22O4S/c1-4-9-15(16)14(10-12(3)19-15)20(17,18)13-7-5-11(2)6-8-13/h5-8,12,14,16H,4,9-10H2,1-3H3/t12-,14?,15?/m0/s1. The van der Waals surface area contributed by atoms with Crippen LogP contribution in [0.1, 0.15) is 38.7 Å². The first-order valence-electron chi connectivity index (χ1n) is 7.00. The summed E-state index contributed by atoms with van der Waals surface area (Å²) in [5.74, 6) is -1.57. The first kappa shape index (κ1) is 15.5. The quantitative estimate of drug-likeness (QED) is 0.927. The van der Waals surface area contributed by atoms with Crippen LogP contribution in [0.5, 0.6) is 0 Å². The summed E-state index contributed by atoms with van der Waals surface area (Å²) in [6.07, 6.45) is 1.07. The Labute approximate surface area is 120 Å². The summed E-state index contributed by atoms with van der Waals surface area (Å²) in [5.41, 5.74) is 1.00. The van der Waals surface area contributed by atoms with Crippen molar-refractivity contribution in [2.24, 2.45) is 0 Å². The second-order valence-electron chi connectivity index (χ2n) is 5.61. The Kier molecular flexibility index (Phi) is 4.23. The Bertz CT molecular complexity index is 564. The number of ether oxygens (including phenoxy) is 1. The Morgan fingerprint density at radius 1 is 1.35 bits per heavy atom. The van der Waals surface area contributed by atoms with Crippen molar-refractivity contribution in [1.29, 1.82) is 0 Å². The van der Waals surface area contributed by atoms with E-state index in [1.165, 1.54) is 0 Å². The SMILES string of the molecule is CCCC1(O)O[C@@H](C)CC1S(=O)(=O)c1ccc(C)cc1. The molecule has 2 unspecified atom stereocenters. The van der Waals surface area contributed by atoms with Gasteiger partial charge in [0.15, 0.2) is 15.6 Å². The molecule has 0 radical (unpaired) electrons. The van der Waals surface area contributed by atoms with Gasteiger partial charge >= 0.3 is 0 Å². The fourth-order valence-electron chi connectivity index (χ4n) is 2.80. The van der Waals surface area contributed by atoms with Crippen molar-refractivity contribution in [2.75, 3.05) is 0 Å². The molecule has 2 rings (SSSR count). The van der Waals surface area contributed by atoms with Crippen LogP contribution in [0.3, 0.4) is 0 Å². The van der Waals surface area contributed by atoms with E-state index in [2.05, 4.69) is 0 Å². The number of hydrogen-bond acceptors (Lipinski definition) is 4. The van der Waals surface area contributed by atoms with Gasteiger partial charge in [0.2, 0.25) is 0 Å². The number of hydrogen-bond donors (Lipinski definition) is 1. The second-order valence-corrected chi connectivity index (χ2v) is 7.74. The third-order valence-electron chi connectivity index (χ3n) is 3.79. The lowest BCUT2D eigenvalue weighted by molar-refractivity contribution is -0.190. The molecular formula is C15H22O4S. The van der Waals surface area contributed by atoms with Crippen LogP contribution in [0.4, 0.5) is 0 Å². The Morgan fingerprint density at radius 2 is 1.95 bits per heavy atom. The van der Waals surface area contributed by atoms with Gasteiger partial charge in [-0.2, -0.15) is 0 Å². The zero-order valence-corrected chi connectivity index (χ0v) is 13.0. The van der Waals surface area contributed by atoms with Gasteiger partial charge in [-0.3, -0.25) is 0 Å². The molecule has 20 heavy (non-hydrogen) atoms. The molecule has 0 aromatic heterocycles. The van der Waals surface area contributed by atoms with E-state index >= 15 is 0 Å². The van der Waals surface area contributed by atoms with E-state index in [9.17, 15) is 13.5 Å². The Balaban J connectivity index is 2.39. The van der Waals surface area contributed by atoms with Crippen molar-refractivity contribution in [3.8, 4) is 0 Å². The highest BCUT2D eigenvalue weighted by molar-refractivity contribution is 7.92. The Hall–Kier alpha value is -0.910. The smallest absolute Gasteiger partial charge is 0.186 e. The lowest BCUT2D eigenvalue weighted by Gasteiger charge is -2.28. The zero-order chi connectivity index (χ0) is 15.0. The van der Waals surface area contributed by atoms with Crippen molar-refractivity contribution in [3.63, 3.8) is 0 Å². The van der Waals surface area contributed by atoms with Gasteiger partial charge in [0, 0.05) is 6.42 Å². The van der Waals surface area contributed by atoms with Crippen LogP contribution >= 0.6 is 0 Å². The van der Waals surface area contributed by atoms with E-state index in [0.717, 1.165) is 5.56 Å². The van der Waals surface area contributed by atoms with Gasteiger partial charge in [0.25, 0.3) is 0 Å². The van der Waals surface area contributed by atoms with E-state index in [1.54, 1.807) is 31.2 Å². The summed E-state index contributed by atoms with van der Waals surface area (Å²) in [6, 6.07) is 6.73. The largest absolute Gasteiger partial charge is 0.364 e. The average Bonchev–Trinajstić information content (AvgIpc) is 2.66. The third kappa shape index (κ3) is 2.75. The fourth-order valence-corrected chi connectivity index (χ4v) is 4.82. The van der Waals surface area contributed by atoms with Crippen molar-refractivity contribution < 1.29 is 18.3 Å². The van der Waals surface area contributed by atoms with Gasteiger partial charge in [-0.1, -0.05) is 31.0 Å². The van der Waals surface area contributed by atoms with Crippen molar-refractivity contribution >= 4 is 9.84 Å². The molecule has 1 N–H and O–H groups in total. The minimum atomic E-state index is -3.59. The maximum Gasteiger partial charge on any atom is 0.186 e. The number of sulfone groups is 1. The molecule has 1 saturated heterocycles. The summed E-state index contributed by atoms with van der Waals surface area (Å²) in [5, 5.41) is 9.68. The first-order chi connectivity index (χ1) is 9.29. The van der Waals surface area contributed by atoms with E-state index < -0.39 is 20.9 Å². The van der Waals surface area contributed by atoms with E-state index in [4.69, 9.17) is 4.74 Å². The van der Waals surface area contributed by atoms with Crippen LogP contribution in [-0.2, 0) is 14.6 Å². The van der Waals surface area contributed by atoms with Crippen molar-refractivity contribution in [3.05, 3.63) is 29.8 Å². The number of aryl methyl sites for hydroxylation is 1. The maximum absolute atomic E-state index is 12.7. The second kappa shape index (κ2) is 5.47. The van der Waals surface area contributed by atoms with Crippen LogP contribution in [0.25, 0.3) is 0 Å². The number of benzene rings is 1. The monoisotopic (exact) mass is 298 g/mol. The van der Waals surface area contributed by atoms with Gasteiger partial charge in [-0.25, -0.2) is 8.42 Å². The molecule has 4 nitrogen and oxygen atoms in total. The van der Waals surface area contributed by atoms with Gasteiger partial charge in [-0.05, 0) is 32.4 Å². The van der Waals surface area contributed by atoms with Crippen LogP contribution in [0, 0.1) is 6.92 Å². The topological polar surface area (TPSA) is 63.6 Å². The summed E-state index contributed by atoms with van der Waals surface area (Å²) in [4.78, 5) is 0.250. The molecule has 0 amide bonds. The van der Waals surface area contributed by atoms with Gasteiger partial charge in [0.1, 0.15) is 5.25 Å². The minimum absolute atomic E-state index is 0.250. The molecule has 3 atom stereocenters. The molecule has 1 aromatic carbocycles. The summed E-state index contributed by atoms with van der Waals surface area (Å²) in [6.45, 7) is 5.61. The molecule has 1 aliphatic rings. The van der Waals surface area contributed by atoms with E-state index in [1.807, 2.05) is 13.8 Å². The average molecular weight is 298 g/mol. The van der Waals surface area contributed by atoms with Crippen LogP contribution in [-0.4, -0.2) is 30.7 Å². The predicted molar refractivity (Wildman–Crippen MR) is 77.2 cm³/mol. The predicted octanol–water partition coefficient (Wildman–Crippen LogP) is 2.43. The number of aliphatic hydroxyl groups is 1. The van der Waals surface area contributed by atoms with E-state index in [-0.39, 0.29) is 11.0 Å². The highest BCUT2D eigenvalue weighted by atomic mass is 32.2. The van der Waals surface area contributed by atoms with Gasteiger partial charge < -0.3 is 9.84 Å². The van der Waals surface area contributed by atoms with Crippen molar-refractivity contribution in [1.82, 2.24) is 0 Å². The molecule has 5 heteroatoms. The highest BCUT2D eigenvalue weighted by Gasteiger charge is 2.52. The maximum atomic E-state index is 12.7. The van der Waals surface area contributed by atoms with Gasteiger partial charge in [0.05, 0.1) is 11.0 Å².